The van der Waals surface area contributed by atoms with E-state index in [4.69, 9.17) is 11.6 Å². The van der Waals surface area contributed by atoms with E-state index in [-0.39, 0.29) is 18.4 Å². The SMILES string of the molecule is Cc1ccc(C)c(N(CC(=O)N(Cc2ccccc2Cl)[C@H](C)C(=O)NCC(C)C)S(C)(=O)=O)c1. The first-order valence-corrected chi connectivity index (χ1v) is 13.4. The van der Waals surface area contributed by atoms with Gasteiger partial charge in [-0.2, -0.15) is 0 Å². The van der Waals surface area contributed by atoms with E-state index in [1.54, 1.807) is 44.2 Å². The summed E-state index contributed by atoms with van der Waals surface area (Å²) in [4.78, 5) is 27.8. The molecule has 0 fully saturated rings. The molecule has 186 valence electrons. The van der Waals surface area contributed by atoms with Crippen LogP contribution in [0, 0.1) is 19.8 Å². The summed E-state index contributed by atoms with van der Waals surface area (Å²) in [6.07, 6.45) is 1.07. The molecule has 0 bridgehead atoms. The number of rotatable bonds is 10. The molecule has 1 atom stereocenters. The van der Waals surface area contributed by atoms with Crippen molar-refractivity contribution in [2.45, 2.75) is 47.2 Å². The number of anilines is 1. The van der Waals surface area contributed by atoms with Crippen molar-refractivity contribution in [3.63, 3.8) is 0 Å². The zero-order valence-corrected chi connectivity index (χ0v) is 22.2. The Kier molecular flexibility index (Phi) is 9.53. The molecule has 9 heteroatoms. The van der Waals surface area contributed by atoms with Gasteiger partial charge in [0, 0.05) is 18.1 Å². The van der Waals surface area contributed by atoms with Gasteiger partial charge in [0.1, 0.15) is 12.6 Å². The van der Waals surface area contributed by atoms with Crippen molar-refractivity contribution in [2.24, 2.45) is 5.92 Å². The Morgan fingerprint density at radius 3 is 2.29 bits per heavy atom. The van der Waals surface area contributed by atoms with E-state index in [0.717, 1.165) is 21.7 Å². The molecule has 0 saturated carbocycles. The van der Waals surface area contributed by atoms with Gasteiger partial charge in [-0.05, 0) is 55.5 Å². The topological polar surface area (TPSA) is 86.8 Å². The van der Waals surface area contributed by atoms with Gasteiger partial charge in [0.05, 0.1) is 11.9 Å². The summed E-state index contributed by atoms with van der Waals surface area (Å²) in [5.41, 5.74) is 2.70. The van der Waals surface area contributed by atoms with Crippen LogP contribution >= 0.6 is 11.6 Å². The van der Waals surface area contributed by atoms with Gasteiger partial charge in [-0.3, -0.25) is 13.9 Å². The van der Waals surface area contributed by atoms with Crippen molar-refractivity contribution in [1.29, 1.82) is 0 Å². The van der Waals surface area contributed by atoms with Gasteiger partial charge in [0.25, 0.3) is 0 Å². The van der Waals surface area contributed by atoms with Crippen LogP contribution in [0.4, 0.5) is 5.69 Å². The van der Waals surface area contributed by atoms with Crippen LogP contribution in [0.1, 0.15) is 37.5 Å². The van der Waals surface area contributed by atoms with E-state index in [9.17, 15) is 18.0 Å². The van der Waals surface area contributed by atoms with Crippen molar-refractivity contribution in [3.8, 4) is 0 Å². The molecule has 2 aromatic rings. The third kappa shape index (κ3) is 7.46. The number of benzene rings is 2. The molecule has 0 aliphatic carbocycles. The maximum atomic E-state index is 13.6. The number of hydrogen-bond donors (Lipinski definition) is 1. The first kappa shape index (κ1) is 27.7. The molecule has 0 spiro atoms. The fourth-order valence-electron chi connectivity index (χ4n) is 3.43. The predicted octanol–water partition coefficient (Wildman–Crippen LogP) is 3.91. The highest BCUT2D eigenvalue weighted by atomic mass is 35.5. The Morgan fingerprint density at radius 2 is 1.71 bits per heavy atom. The van der Waals surface area contributed by atoms with Crippen molar-refractivity contribution in [1.82, 2.24) is 10.2 Å². The minimum atomic E-state index is -3.78. The van der Waals surface area contributed by atoms with E-state index >= 15 is 0 Å². The summed E-state index contributed by atoms with van der Waals surface area (Å²) in [5, 5.41) is 3.31. The summed E-state index contributed by atoms with van der Waals surface area (Å²) < 4.78 is 26.5. The molecular formula is C25H34ClN3O4S. The van der Waals surface area contributed by atoms with E-state index in [2.05, 4.69) is 5.32 Å². The van der Waals surface area contributed by atoms with Crippen LogP contribution < -0.4 is 9.62 Å². The summed E-state index contributed by atoms with van der Waals surface area (Å²) >= 11 is 6.33. The van der Waals surface area contributed by atoms with Crippen molar-refractivity contribution >= 4 is 39.1 Å². The Labute approximate surface area is 208 Å². The molecule has 0 saturated heterocycles. The van der Waals surface area contributed by atoms with Crippen LogP contribution in [0.15, 0.2) is 42.5 Å². The maximum Gasteiger partial charge on any atom is 0.244 e. The minimum absolute atomic E-state index is 0.0686. The van der Waals surface area contributed by atoms with E-state index in [1.807, 2.05) is 32.9 Å². The molecule has 0 aromatic heterocycles. The van der Waals surface area contributed by atoms with Gasteiger partial charge in [0.15, 0.2) is 0 Å². The second-order valence-corrected chi connectivity index (χ2v) is 11.3. The molecular weight excluding hydrogens is 474 g/mol. The predicted molar refractivity (Wildman–Crippen MR) is 137 cm³/mol. The Morgan fingerprint density at radius 1 is 1.06 bits per heavy atom. The quantitative estimate of drug-likeness (QED) is 0.528. The summed E-state index contributed by atoms with van der Waals surface area (Å²) in [6.45, 7) is 9.34. The number of nitrogens with one attached hydrogen (secondary N) is 1. The second kappa shape index (κ2) is 11.7. The molecule has 0 aliphatic rings. The van der Waals surface area contributed by atoms with E-state index in [0.29, 0.717) is 22.8 Å². The lowest BCUT2D eigenvalue weighted by Crippen LogP contribution is -2.51. The molecule has 1 N–H and O–H groups in total. The highest BCUT2D eigenvalue weighted by molar-refractivity contribution is 7.92. The fraction of sp³-hybridized carbons (Fsp3) is 0.440. The van der Waals surface area contributed by atoms with Gasteiger partial charge >= 0.3 is 0 Å². The van der Waals surface area contributed by atoms with Crippen LogP contribution in [-0.4, -0.2) is 50.5 Å². The summed E-state index contributed by atoms with van der Waals surface area (Å²) in [5.74, 6) is -0.570. The van der Waals surface area contributed by atoms with Gasteiger partial charge in [-0.15, -0.1) is 0 Å². The van der Waals surface area contributed by atoms with E-state index in [1.165, 1.54) is 4.90 Å². The van der Waals surface area contributed by atoms with Crippen LogP contribution in [0.3, 0.4) is 0 Å². The summed E-state index contributed by atoms with van der Waals surface area (Å²) in [6, 6.07) is 11.7. The third-order valence-corrected chi connectivity index (χ3v) is 6.96. The average molecular weight is 508 g/mol. The zero-order chi connectivity index (χ0) is 25.6. The van der Waals surface area contributed by atoms with Gasteiger partial charge in [-0.1, -0.05) is 55.8 Å². The lowest BCUT2D eigenvalue weighted by molar-refractivity contribution is -0.139. The molecule has 0 heterocycles. The zero-order valence-electron chi connectivity index (χ0n) is 20.6. The summed E-state index contributed by atoms with van der Waals surface area (Å²) in [7, 11) is -3.78. The van der Waals surface area contributed by atoms with Gasteiger partial charge in [-0.25, -0.2) is 8.42 Å². The number of sulfonamides is 1. The van der Waals surface area contributed by atoms with Crippen molar-refractivity contribution in [3.05, 3.63) is 64.2 Å². The Bertz CT molecular complexity index is 1130. The Hall–Kier alpha value is -2.58. The highest BCUT2D eigenvalue weighted by Crippen LogP contribution is 2.25. The molecule has 7 nitrogen and oxygen atoms in total. The van der Waals surface area contributed by atoms with Gasteiger partial charge < -0.3 is 10.2 Å². The molecule has 0 unspecified atom stereocenters. The molecule has 2 amide bonds. The number of halogens is 1. The van der Waals surface area contributed by atoms with Crippen LogP contribution in [0.5, 0.6) is 0 Å². The number of carbonyl (C=O) groups excluding carboxylic acids is 2. The van der Waals surface area contributed by atoms with Crippen LogP contribution in [0.2, 0.25) is 5.02 Å². The highest BCUT2D eigenvalue weighted by Gasteiger charge is 2.31. The molecule has 0 radical (unpaired) electrons. The normalized spacial score (nSPS) is 12.4. The van der Waals surface area contributed by atoms with Crippen LogP contribution in [0.25, 0.3) is 0 Å². The number of aryl methyl sites for hydroxylation is 2. The lowest BCUT2D eigenvalue weighted by Gasteiger charge is -2.32. The first-order chi connectivity index (χ1) is 15.8. The number of carbonyl (C=O) groups is 2. The minimum Gasteiger partial charge on any atom is -0.354 e. The number of nitrogens with zero attached hydrogens (tertiary/aromatic N) is 2. The molecule has 2 aromatic carbocycles. The number of amides is 2. The second-order valence-electron chi connectivity index (χ2n) is 8.99. The van der Waals surface area contributed by atoms with Crippen LogP contribution in [-0.2, 0) is 26.2 Å². The monoisotopic (exact) mass is 507 g/mol. The molecule has 34 heavy (non-hydrogen) atoms. The standard InChI is InChI=1S/C25H34ClN3O4S/c1-17(2)14-27-25(31)20(5)28(15-21-9-7-8-10-22(21)26)24(30)16-29(34(6,32)33)23-13-18(3)11-12-19(23)4/h7-13,17,20H,14-16H2,1-6H3,(H,27,31)/t20-/m1/s1. The van der Waals surface area contributed by atoms with Crippen molar-refractivity contribution < 1.29 is 18.0 Å². The lowest BCUT2D eigenvalue weighted by atomic mass is 10.1. The van der Waals surface area contributed by atoms with Crippen molar-refractivity contribution in [2.75, 3.05) is 23.7 Å². The third-order valence-electron chi connectivity index (χ3n) is 5.46. The first-order valence-electron chi connectivity index (χ1n) is 11.2. The molecule has 2 rings (SSSR count). The largest absolute Gasteiger partial charge is 0.354 e. The fourth-order valence-corrected chi connectivity index (χ4v) is 4.52. The smallest absolute Gasteiger partial charge is 0.244 e. The maximum absolute atomic E-state index is 13.6. The van der Waals surface area contributed by atoms with Gasteiger partial charge in [0.2, 0.25) is 21.8 Å². The van der Waals surface area contributed by atoms with E-state index < -0.39 is 28.5 Å². The Balaban J connectivity index is 2.43. The molecule has 0 aliphatic heterocycles. The average Bonchev–Trinajstić information content (AvgIpc) is 2.75. The number of hydrogen-bond acceptors (Lipinski definition) is 4.